The Balaban J connectivity index is 0.851. The first-order chi connectivity index (χ1) is 28.8. The molecule has 21 atom stereocenters. The zero-order valence-electron chi connectivity index (χ0n) is 36.6. The summed E-state index contributed by atoms with van der Waals surface area (Å²) in [6, 6.07) is 0. The highest BCUT2D eigenvalue weighted by Crippen LogP contribution is 2.70. The van der Waals surface area contributed by atoms with Crippen molar-refractivity contribution in [2.24, 2.45) is 34.5 Å². The molecule has 4 saturated carbocycles. The molecular formula is C45H68O16. The van der Waals surface area contributed by atoms with Crippen molar-refractivity contribution in [3.05, 3.63) is 11.6 Å². The number of ether oxygens (including phenoxy) is 9. The number of hydrogen-bond donors (Lipinski definition) is 4. The summed E-state index contributed by atoms with van der Waals surface area (Å²) in [7, 11) is 0. The number of cyclic esters (lactones) is 1. The van der Waals surface area contributed by atoms with Gasteiger partial charge in [-0.1, -0.05) is 13.8 Å². The van der Waals surface area contributed by atoms with Gasteiger partial charge in [0, 0.05) is 44.6 Å². The Morgan fingerprint density at radius 1 is 0.721 bits per heavy atom. The molecule has 1 unspecified atom stereocenters. The Labute approximate surface area is 358 Å². The van der Waals surface area contributed by atoms with Gasteiger partial charge >= 0.3 is 17.9 Å². The summed E-state index contributed by atoms with van der Waals surface area (Å²) in [6.07, 6.45) is -1.93. The van der Waals surface area contributed by atoms with Crippen LogP contribution in [0.2, 0.25) is 0 Å². The van der Waals surface area contributed by atoms with Gasteiger partial charge in [-0.3, -0.25) is 9.59 Å². The predicted molar refractivity (Wildman–Crippen MR) is 212 cm³/mol. The number of fused-ring (bicyclic) bond motifs is 5. The van der Waals surface area contributed by atoms with E-state index in [0.29, 0.717) is 18.8 Å². The van der Waals surface area contributed by atoms with Crippen molar-refractivity contribution in [2.45, 2.75) is 211 Å². The standard InChI is InChI=1S/C45H68O16/c1-21-40(51)33(57-24(4)46)18-38(54-21)61-42-23(3)56-39(19-34(42)58-25(5)47)60-41-22(2)55-37(17-32(41)48)59-28-10-12-43(6)27(15-28)8-9-30-31(43)16-35(49)44(7)29(11-13-45(30,44)52)26-14-36(50)53-20-26/h14,21-23,27-35,37-42,48-49,51-52H,8-13,15-20H2,1-7H3/t21-,22-,23-,27-,28+,29-,30-,31+,32+,33+,34+,35-,37+,38+,39+,40-,41?,42-,43+,44+,45+/m1/s1. The highest BCUT2D eigenvalue weighted by molar-refractivity contribution is 5.85. The number of rotatable bonds is 9. The molecule has 4 aliphatic carbocycles. The third-order valence-corrected chi connectivity index (χ3v) is 16.5. The molecule has 0 aromatic heterocycles. The lowest BCUT2D eigenvalue weighted by Gasteiger charge is -2.65. The Morgan fingerprint density at radius 3 is 2.00 bits per heavy atom. The third kappa shape index (κ3) is 8.33. The van der Waals surface area contributed by atoms with Crippen molar-refractivity contribution in [3.8, 4) is 0 Å². The summed E-state index contributed by atoms with van der Waals surface area (Å²) in [5, 5.41) is 46.5. The first kappa shape index (κ1) is 45.3. The summed E-state index contributed by atoms with van der Waals surface area (Å²) < 4.78 is 53.9. The lowest BCUT2D eigenvalue weighted by molar-refractivity contribution is -0.337. The highest BCUT2D eigenvalue weighted by atomic mass is 16.7. The SMILES string of the molecule is CC(=O)O[C@H]1C[C@H](O[C@H]2[C@@H](OC(C)=O)C[C@H](OC3[C@@H](O)C[C@H](O[C@H]4CC[C@@]5(C)[C@H](CC[C@@H]6[C@@H]5C[C@@H](O)[C@]5(C)[C@@H](C7=CC(=O)OC7)CC[C@]65O)C4)O[C@@H]3C)O[C@@H]2C)O[C@H](C)[C@H]1O. The second kappa shape index (κ2) is 17.3. The fraction of sp³-hybridized carbons (Fsp3) is 0.889. The summed E-state index contributed by atoms with van der Waals surface area (Å²) >= 11 is 0. The van der Waals surface area contributed by atoms with Crippen LogP contribution in [0.15, 0.2) is 11.6 Å². The van der Waals surface area contributed by atoms with Crippen LogP contribution >= 0.6 is 0 Å². The zero-order valence-corrected chi connectivity index (χ0v) is 36.6. The van der Waals surface area contributed by atoms with Crippen molar-refractivity contribution in [3.63, 3.8) is 0 Å². The number of aliphatic hydroxyl groups excluding tert-OH is 3. The summed E-state index contributed by atoms with van der Waals surface area (Å²) in [4.78, 5) is 35.9. The van der Waals surface area contributed by atoms with Crippen molar-refractivity contribution in [1.82, 2.24) is 0 Å². The molecule has 16 heteroatoms. The lowest BCUT2D eigenvalue weighted by atomic mass is 9.42. The molecule has 8 aliphatic rings. The molecule has 344 valence electrons. The molecule has 4 heterocycles. The average molecular weight is 865 g/mol. The highest BCUT2D eigenvalue weighted by Gasteiger charge is 2.71. The molecule has 0 bridgehead atoms. The maximum Gasteiger partial charge on any atom is 0.331 e. The molecule has 0 radical (unpaired) electrons. The molecule has 4 N–H and O–H groups in total. The number of hydrogen-bond acceptors (Lipinski definition) is 16. The normalized spacial score (nSPS) is 51.0. The first-order valence-corrected chi connectivity index (χ1v) is 22.7. The molecular weight excluding hydrogens is 796 g/mol. The second-order valence-electron chi connectivity index (χ2n) is 20.0. The van der Waals surface area contributed by atoms with Crippen LogP contribution in [0.4, 0.5) is 0 Å². The van der Waals surface area contributed by atoms with Crippen molar-refractivity contribution in [1.29, 1.82) is 0 Å². The molecule has 4 aliphatic heterocycles. The predicted octanol–water partition coefficient (Wildman–Crippen LogP) is 3.36. The van der Waals surface area contributed by atoms with Crippen LogP contribution in [0.25, 0.3) is 0 Å². The van der Waals surface area contributed by atoms with E-state index in [0.717, 1.165) is 44.1 Å². The van der Waals surface area contributed by atoms with Crippen LogP contribution in [-0.2, 0) is 57.0 Å². The molecule has 0 amide bonds. The number of carbonyl (C=O) groups is 3. The average Bonchev–Trinajstić information content (AvgIpc) is 3.73. The lowest BCUT2D eigenvalue weighted by Crippen LogP contribution is -2.67. The zero-order chi connectivity index (χ0) is 43.8. The van der Waals surface area contributed by atoms with Crippen LogP contribution < -0.4 is 0 Å². The van der Waals surface area contributed by atoms with Gasteiger partial charge < -0.3 is 63.1 Å². The van der Waals surface area contributed by atoms with Gasteiger partial charge in [0.1, 0.15) is 37.1 Å². The van der Waals surface area contributed by atoms with Crippen LogP contribution in [0.1, 0.15) is 119 Å². The number of aliphatic hydroxyl groups is 4. The summed E-state index contributed by atoms with van der Waals surface area (Å²) in [5.74, 6) is -0.931. The monoisotopic (exact) mass is 864 g/mol. The molecule has 0 aromatic rings. The van der Waals surface area contributed by atoms with Crippen molar-refractivity contribution in [2.75, 3.05) is 6.61 Å². The second-order valence-corrected chi connectivity index (χ2v) is 20.0. The maximum atomic E-state index is 12.6. The fourth-order valence-corrected chi connectivity index (χ4v) is 13.4. The van der Waals surface area contributed by atoms with Gasteiger partial charge in [0.05, 0.1) is 42.2 Å². The number of esters is 3. The van der Waals surface area contributed by atoms with E-state index in [9.17, 15) is 34.8 Å². The van der Waals surface area contributed by atoms with E-state index >= 15 is 0 Å². The Kier molecular flexibility index (Phi) is 12.8. The smallest absolute Gasteiger partial charge is 0.331 e. The maximum absolute atomic E-state index is 12.6. The van der Waals surface area contributed by atoms with Gasteiger partial charge in [0.25, 0.3) is 0 Å². The molecule has 3 saturated heterocycles. The van der Waals surface area contributed by atoms with Gasteiger partial charge in [-0.15, -0.1) is 0 Å². The van der Waals surface area contributed by atoms with E-state index in [4.69, 9.17) is 42.6 Å². The van der Waals surface area contributed by atoms with E-state index in [-0.39, 0.29) is 61.1 Å². The molecule has 61 heavy (non-hydrogen) atoms. The van der Waals surface area contributed by atoms with E-state index in [2.05, 4.69) is 6.92 Å². The quantitative estimate of drug-likeness (QED) is 0.149. The Hall–Kier alpha value is -2.25. The van der Waals surface area contributed by atoms with E-state index in [1.807, 2.05) is 13.8 Å². The van der Waals surface area contributed by atoms with E-state index in [1.165, 1.54) is 13.8 Å². The van der Waals surface area contributed by atoms with Crippen LogP contribution in [-0.4, -0.2) is 137 Å². The van der Waals surface area contributed by atoms with Crippen molar-refractivity contribution < 1.29 is 77.4 Å². The largest absolute Gasteiger partial charge is 0.459 e. The number of carbonyl (C=O) groups excluding carboxylic acids is 3. The van der Waals surface area contributed by atoms with Gasteiger partial charge in [-0.2, -0.15) is 0 Å². The van der Waals surface area contributed by atoms with Gasteiger partial charge in [-0.25, -0.2) is 4.79 Å². The molecule has 0 spiro atoms. The Morgan fingerprint density at radius 2 is 1.34 bits per heavy atom. The van der Waals surface area contributed by atoms with Gasteiger partial charge in [0.15, 0.2) is 18.9 Å². The van der Waals surface area contributed by atoms with Crippen LogP contribution in [0.5, 0.6) is 0 Å². The van der Waals surface area contributed by atoms with E-state index in [1.54, 1.807) is 19.9 Å². The van der Waals surface area contributed by atoms with Crippen LogP contribution in [0, 0.1) is 34.5 Å². The minimum atomic E-state index is -1.03. The summed E-state index contributed by atoms with van der Waals surface area (Å²) in [6.45, 7) is 12.4. The fourth-order valence-electron chi connectivity index (χ4n) is 13.4. The molecule has 7 fully saturated rings. The minimum Gasteiger partial charge on any atom is -0.459 e. The first-order valence-electron chi connectivity index (χ1n) is 22.7. The summed E-state index contributed by atoms with van der Waals surface area (Å²) in [5.41, 5.74) is -0.958. The molecule has 0 aromatic carbocycles. The molecule has 16 nitrogen and oxygen atoms in total. The van der Waals surface area contributed by atoms with Crippen molar-refractivity contribution >= 4 is 17.9 Å². The van der Waals surface area contributed by atoms with Gasteiger partial charge in [0.2, 0.25) is 0 Å². The topological polar surface area (TPSA) is 215 Å². The third-order valence-electron chi connectivity index (χ3n) is 16.5. The van der Waals surface area contributed by atoms with Gasteiger partial charge in [-0.05, 0) is 107 Å². The minimum absolute atomic E-state index is 0.0582. The van der Waals surface area contributed by atoms with E-state index < -0.39 is 103 Å². The van der Waals surface area contributed by atoms with Crippen LogP contribution in [0.3, 0.4) is 0 Å². The molecule has 8 rings (SSSR count). The Bertz CT molecular complexity index is 1660.